The number of nitrogens with zero attached hydrogens (tertiary/aromatic N) is 2. The van der Waals surface area contributed by atoms with Gasteiger partial charge in [-0.1, -0.05) is 30.3 Å². The molecular weight excluding hydrogens is 302 g/mol. The number of phenolic OH excluding ortho intramolecular Hbond substituents is 1. The number of nitrogens with one attached hydrogen (secondary N) is 1. The fraction of sp³-hybridized carbons (Fsp3) is 0.158. The van der Waals surface area contributed by atoms with Crippen molar-refractivity contribution in [2.45, 2.75) is 20.0 Å². The molecule has 5 nitrogen and oxygen atoms in total. The summed E-state index contributed by atoms with van der Waals surface area (Å²) >= 11 is 0. The SMILES string of the molecule is Cc1ccc(C(=O)NCc2ccccc2Cn2cccn2)c(O)c1. The number of carbonyl (C=O) groups excluding carboxylic acids is 1. The second-order valence-corrected chi connectivity index (χ2v) is 5.68. The highest BCUT2D eigenvalue weighted by atomic mass is 16.3. The summed E-state index contributed by atoms with van der Waals surface area (Å²) in [7, 11) is 0. The maximum Gasteiger partial charge on any atom is 0.255 e. The summed E-state index contributed by atoms with van der Waals surface area (Å²) in [6.07, 6.45) is 3.64. The van der Waals surface area contributed by atoms with E-state index in [9.17, 15) is 9.90 Å². The maximum absolute atomic E-state index is 12.3. The van der Waals surface area contributed by atoms with Crippen molar-refractivity contribution in [1.29, 1.82) is 0 Å². The molecule has 0 saturated heterocycles. The Morgan fingerprint density at radius 1 is 1.17 bits per heavy atom. The molecular formula is C19H19N3O2. The Labute approximate surface area is 140 Å². The van der Waals surface area contributed by atoms with Crippen LogP contribution in [-0.2, 0) is 13.1 Å². The van der Waals surface area contributed by atoms with Gasteiger partial charge in [-0.05, 0) is 41.8 Å². The summed E-state index contributed by atoms with van der Waals surface area (Å²) in [5.74, 6) is -0.293. The van der Waals surface area contributed by atoms with Crippen LogP contribution in [0.1, 0.15) is 27.0 Å². The van der Waals surface area contributed by atoms with Crippen molar-refractivity contribution in [2.24, 2.45) is 0 Å². The third kappa shape index (κ3) is 3.63. The van der Waals surface area contributed by atoms with E-state index in [2.05, 4.69) is 10.4 Å². The molecule has 0 saturated carbocycles. The molecule has 0 aliphatic rings. The molecule has 0 aliphatic carbocycles. The fourth-order valence-corrected chi connectivity index (χ4v) is 2.56. The number of hydrogen-bond donors (Lipinski definition) is 2. The van der Waals surface area contributed by atoms with Crippen LogP contribution in [0.4, 0.5) is 0 Å². The lowest BCUT2D eigenvalue weighted by Gasteiger charge is -2.12. The van der Waals surface area contributed by atoms with Crippen LogP contribution < -0.4 is 5.32 Å². The van der Waals surface area contributed by atoms with E-state index in [1.807, 2.05) is 48.1 Å². The van der Waals surface area contributed by atoms with Crippen LogP contribution in [0.25, 0.3) is 0 Å². The van der Waals surface area contributed by atoms with Gasteiger partial charge in [0.05, 0.1) is 12.1 Å². The van der Waals surface area contributed by atoms with Crippen LogP contribution in [0.15, 0.2) is 60.9 Å². The molecule has 0 unspecified atom stereocenters. The zero-order valence-corrected chi connectivity index (χ0v) is 13.4. The average Bonchev–Trinajstić information content (AvgIpc) is 3.07. The Morgan fingerprint density at radius 2 is 1.96 bits per heavy atom. The van der Waals surface area contributed by atoms with E-state index in [1.165, 1.54) is 0 Å². The smallest absolute Gasteiger partial charge is 0.255 e. The Hall–Kier alpha value is -3.08. The van der Waals surface area contributed by atoms with Gasteiger partial charge in [-0.25, -0.2) is 0 Å². The summed E-state index contributed by atoms with van der Waals surface area (Å²) in [6, 6.07) is 14.8. The third-order valence-electron chi connectivity index (χ3n) is 3.85. The topological polar surface area (TPSA) is 67.2 Å². The molecule has 1 aromatic heterocycles. The maximum atomic E-state index is 12.3. The molecule has 0 fully saturated rings. The highest BCUT2D eigenvalue weighted by Crippen LogP contribution is 2.18. The first kappa shape index (κ1) is 15.8. The Kier molecular flexibility index (Phi) is 4.61. The quantitative estimate of drug-likeness (QED) is 0.759. The van der Waals surface area contributed by atoms with E-state index in [0.717, 1.165) is 16.7 Å². The Morgan fingerprint density at radius 3 is 2.67 bits per heavy atom. The van der Waals surface area contributed by atoms with Crippen LogP contribution in [-0.4, -0.2) is 20.8 Å². The number of aromatic nitrogens is 2. The highest BCUT2D eigenvalue weighted by molar-refractivity contribution is 5.96. The molecule has 3 aromatic rings. The number of hydrogen-bond acceptors (Lipinski definition) is 3. The molecule has 0 aliphatic heterocycles. The number of amides is 1. The lowest BCUT2D eigenvalue weighted by atomic mass is 10.1. The summed E-state index contributed by atoms with van der Waals surface area (Å²) in [6.45, 7) is 2.91. The molecule has 3 rings (SSSR count). The molecule has 1 amide bonds. The normalized spacial score (nSPS) is 10.5. The minimum atomic E-state index is -0.290. The van der Waals surface area contributed by atoms with Gasteiger partial charge in [-0.2, -0.15) is 5.10 Å². The van der Waals surface area contributed by atoms with Gasteiger partial charge in [-0.3, -0.25) is 9.48 Å². The van der Waals surface area contributed by atoms with Crippen molar-refractivity contribution in [2.75, 3.05) is 0 Å². The zero-order valence-electron chi connectivity index (χ0n) is 13.4. The van der Waals surface area contributed by atoms with E-state index < -0.39 is 0 Å². The van der Waals surface area contributed by atoms with Gasteiger partial charge in [0.2, 0.25) is 0 Å². The Bertz CT molecular complexity index is 842. The first-order valence-electron chi connectivity index (χ1n) is 7.75. The highest BCUT2D eigenvalue weighted by Gasteiger charge is 2.11. The van der Waals surface area contributed by atoms with Crippen molar-refractivity contribution < 1.29 is 9.90 Å². The molecule has 24 heavy (non-hydrogen) atoms. The van der Waals surface area contributed by atoms with Crippen molar-refractivity contribution in [1.82, 2.24) is 15.1 Å². The monoisotopic (exact) mass is 321 g/mol. The first-order valence-corrected chi connectivity index (χ1v) is 7.75. The van der Waals surface area contributed by atoms with Crippen molar-refractivity contribution in [3.8, 4) is 5.75 Å². The van der Waals surface area contributed by atoms with Gasteiger partial charge in [0.1, 0.15) is 5.75 Å². The van der Waals surface area contributed by atoms with E-state index in [0.29, 0.717) is 13.1 Å². The number of rotatable bonds is 5. The predicted molar refractivity (Wildman–Crippen MR) is 91.8 cm³/mol. The largest absolute Gasteiger partial charge is 0.507 e. The van der Waals surface area contributed by atoms with Gasteiger partial charge in [0.15, 0.2) is 0 Å². The second kappa shape index (κ2) is 7.00. The molecule has 2 N–H and O–H groups in total. The minimum absolute atomic E-state index is 0.00248. The van der Waals surface area contributed by atoms with Crippen molar-refractivity contribution in [3.05, 3.63) is 83.2 Å². The van der Waals surface area contributed by atoms with Crippen LogP contribution >= 0.6 is 0 Å². The van der Waals surface area contributed by atoms with Crippen LogP contribution in [0.2, 0.25) is 0 Å². The summed E-state index contributed by atoms with van der Waals surface area (Å²) in [4.78, 5) is 12.3. The van der Waals surface area contributed by atoms with E-state index in [4.69, 9.17) is 0 Å². The lowest BCUT2D eigenvalue weighted by Crippen LogP contribution is -2.23. The third-order valence-corrected chi connectivity index (χ3v) is 3.85. The molecule has 0 radical (unpaired) electrons. The minimum Gasteiger partial charge on any atom is -0.507 e. The van der Waals surface area contributed by atoms with Crippen LogP contribution in [0.5, 0.6) is 5.75 Å². The first-order chi connectivity index (χ1) is 11.6. The van der Waals surface area contributed by atoms with Crippen LogP contribution in [0.3, 0.4) is 0 Å². The number of benzene rings is 2. The molecule has 0 spiro atoms. The van der Waals surface area contributed by atoms with E-state index in [-0.39, 0.29) is 17.2 Å². The molecule has 0 bridgehead atoms. The van der Waals surface area contributed by atoms with E-state index in [1.54, 1.807) is 24.4 Å². The molecule has 1 heterocycles. The molecule has 0 atom stereocenters. The summed E-state index contributed by atoms with van der Waals surface area (Å²) < 4.78 is 1.84. The zero-order chi connectivity index (χ0) is 16.9. The van der Waals surface area contributed by atoms with Crippen molar-refractivity contribution in [3.63, 3.8) is 0 Å². The van der Waals surface area contributed by atoms with Gasteiger partial charge < -0.3 is 10.4 Å². The lowest BCUT2D eigenvalue weighted by molar-refractivity contribution is 0.0948. The number of aryl methyl sites for hydroxylation is 1. The van der Waals surface area contributed by atoms with Gasteiger partial charge in [-0.15, -0.1) is 0 Å². The Balaban J connectivity index is 1.71. The number of phenols is 1. The molecule has 2 aromatic carbocycles. The molecule has 122 valence electrons. The summed E-state index contributed by atoms with van der Waals surface area (Å²) in [5.41, 5.74) is 3.31. The van der Waals surface area contributed by atoms with Gasteiger partial charge in [0.25, 0.3) is 5.91 Å². The number of aromatic hydroxyl groups is 1. The van der Waals surface area contributed by atoms with Crippen LogP contribution in [0, 0.1) is 6.92 Å². The summed E-state index contributed by atoms with van der Waals surface area (Å²) in [5, 5.41) is 17.0. The molecule has 5 heteroatoms. The standard InChI is InChI=1S/C19H19N3O2/c1-14-7-8-17(18(23)11-14)19(24)20-12-15-5-2-3-6-16(15)13-22-10-4-9-21-22/h2-11,23H,12-13H2,1H3,(H,20,24). The van der Waals surface area contributed by atoms with Gasteiger partial charge in [0, 0.05) is 18.9 Å². The average molecular weight is 321 g/mol. The second-order valence-electron chi connectivity index (χ2n) is 5.68. The van der Waals surface area contributed by atoms with Gasteiger partial charge >= 0.3 is 0 Å². The predicted octanol–water partition coefficient (Wildman–Crippen LogP) is 2.88. The fourth-order valence-electron chi connectivity index (χ4n) is 2.56. The van der Waals surface area contributed by atoms with E-state index >= 15 is 0 Å². The van der Waals surface area contributed by atoms with Crippen molar-refractivity contribution >= 4 is 5.91 Å². The number of carbonyl (C=O) groups is 1.